The fourth-order valence-corrected chi connectivity index (χ4v) is 4.34. The van der Waals surface area contributed by atoms with Crippen LogP contribution in [0.15, 0.2) is 24.7 Å². The number of anilines is 1. The minimum atomic E-state index is -1.53. The Morgan fingerprint density at radius 2 is 1.94 bits per heavy atom. The van der Waals surface area contributed by atoms with E-state index in [2.05, 4.69) is 25.6 Å². The first-order valence-electron chi connectivity index (χ1n) is 11.1. The van der Waals surface area contributed by atoms with Gasteiger partial charge in [-0.25, -0.2) is 19.3 Å². The van der Waals surface area contributed by atoms with Crippen molar-refractivity contribution in [3.63, 3.8) is 0 Å². The number of piperidine rings is 1. The second kappa shape index (κ2) is 7.90. The normalized spacial score (nSPS) is 17.6. The minimum Gasteiger partial charge on any atom is -0.386 e. The number of pyridine rings is 1. The van der Waals surface area contributed by atoms with Crippen molar-refractivity contribution < 1.29 is 14.3 Å². The quantitative estimate of drug-likeness (QED) is 0.566. The first kappa shape index (κ1) is 21.0. The van der Waals surface area contributed by atoms with E-state index in [-0.39, 0.29) is 28.5 Å². The van der Waals surface area contributed by atoms with Gasteiger partial charge in [0.2, 0.25) is 0 Å². The third kappa shape index (κ3) is 3.98. The fraction of sp³-hybridized carbons (Fsp3) is 0.478. The molecule has 32 heavy (non-hydrogen) atoms. The fourth-order valence-electron chi connectivity index (χ4n) is 4.34. The van der Waals surface area contributed by atoms with Crippen LogP contribution in [0.1, 0.15) is 78.9 Å². The van der Waals surface area contributed by atoms with Crippen LogP contribution in [0.2, 0.25) is 0 Å². The molecule has 0 unspecified atom stereocenters. The molecular weight excluding hydrogens is 411 g/mol. The smallest absolute Gasteiger partial charge is 0.274 e. The van der Waals surface area contributed by atoms with Crippen LogP contribution in [0.4, 0.5) is 10.1 Å². The summed E-state index contributed by atoms with van der Waals surface area (Å²) in [5, 5.41) is 16.8. The lowest BCUT2D eigenvalue weighted by atomic mass is 9.95. The van der Waals surface area contributed by atoms with Crippen LogP contribution >= 0.6 is 0 Å². The SMILES string of the molecule is CC(C)(O)c1c(NC(=O)c2ccnc(C3CC3)n2)cn2cc(C3CCNCC3)nc2c1F. The average molecular weight is 439 g/mol. The number of hydrogen-bond donors (Lipinski definition) is 3. The van der Waals surface area contributed by atoms with E-state index in [1.807, 2.05) is 6.20 Å². The van der Waals surface area contributed by atoms with E-state index in [4.69, 9.17) is 0 Å². The number of carbonyl (C=O) groups excluding carboxylic acids is 1. The number of rotatable bonds is 5. The van der Waals surface area contributed by atoms with Gasteiger partial charge < -0.3 is 20.1 Å². The molecule has 0 radical (unpaired) electrons. The first-order valence-corrected chi connectivity index (χ1v) is 11.1. The Hall–Kier alpha value is -2.91. The van der Waals surface area contributed by atoms with Crippen LogP contribution in [-0.4, -0.2) is 43.5 Å². The van der Waals surface area contributed by atoms with Crippen molar-refractivity contribution in [3.8, 4) is 0 Å². The number of imidazole rings is 1. The molecule has 0 bridgehead atoms. The zero-order chi connectivity index (χ0) is 22.5. The Labute approximate surface area is 185 Å². The van der Waals surface area contributed by atoms with Gasteiger partial charge in [0, 0.05) is 36.0 Å². The Bertz CT molecular complexity index is 1180. The molecule has 9 heteroatoms. The van der Waals surface area contributed by atoms with Gasteiger partial charge in [-0.1, -0.05) is 0 Å². The van der Waals surface area contributed by atoms with Crippen molar-refractivity contribution in [2.75, 3.05) is 18.4 Å². The molecule has 3 aromatic heterocycles. The third-order valence-electron chi connectivity index (χ3n) is 6.17. The summed E-state index contributed by atoms with van der Waals surface area (Å²) in [5.74, 6) is 0.0983. The molecule has 3 aromatic rings. The van der Waals surface area contributed by atoms with Gasteiger partial charge in [-0.2, -0.15) is 0 Å². The van der Waals surface area contributed by atoms with Crippen LogP contribution < -0.4 is 10.6 Å². The van der Waals surface area contributed by atoms with Gasteiger partial charge in [0.15, 0.2) is 11.5 Å². The summed E-state index contributed by atoms with van der Waals surface area (Å²) in [6, 6.07) is 1.53. The van der Waals surface area contributed by atoms with Gasteiger partial charge in [0.1, 0.15) is 11.5 Å². The molecule has 8 nitrogen and oxygen atoms in total. The molecule has 4 heterocycles. The predicted molar refractivity (Wildman–Crippen MR) is 117 cm³/mol. The number of nitrogens with zero attached hydrogens (tertiary/aromatic N) is 4. The monoisotopic (exact) mass is 438 g/mol. The Balaban J connectivity index is 1.53. The van der Waals surface area contributed by atoms with Crippen LogP contribution in [0.5, 0.6) is 0 Å². The van der Waals surface area contributed by atoms with Crippen LogP contribution in [0.25, 0.3) is 5.65 Å². The molecule has 0 atom stereocenters. The van der Waals surface area contributed by atoms with E-state index >= 15 is 4.39 Å². The molecule has 1 saturated carbocycles. The largest absolute Gasteiger partial charge is 0.386 e. The molecule has 0 aromatic carbocycles. The predicted octanol–water partition coefficient (Wildman–Crippen LogP) is 3.09. The lowest BCUT2D eigenvalue weighted by Crippen LogP contribution is -2.26. The number of fused-ring (bicyclic) bond motifs is 1. The maximum absolute atomic E-state index is 15.6. The van der Waals surface area contributed by atoms with E-state index in [1.165, 1.54) is 19.9 Å². The highest BCUT2D eigenvalue weighted by atomic mass is 19.1. The van der Waals surface area contributed by atoms with Gasteiger partial charge >= 0.3 is 0 Å². The molecule has 2 fully saturated rings. The van der Waals surface area contributed by atoms with E-state index < -0.39 is 17.3 Å². The number of hydrogen-bond acceptors (Lipinski definition) is 6. The standard InChI is InChI=1S/C23H27FN6O2/c1-23(2,32)18-17(29-22(31)15-7-10-26-20(27-15)14-3-4-14)12-30-11-16(28-21(30)19(18)24)13-5-8-25-9-6-13/h7,10-14,25,32H,3-6,8-9H2,1-2H3,(H,29,31). The Kier molecular flexibility index (Phi) is 5.17. The third-order valence-corrected chi connectivity index (χ3v) is 6.17. The highest BCUT2D eigenvalue weighted by molar-refractivity contribution is 6.03. The Morgan fingerprint density at radius 1 is 1.19 bits per heavy atom. The summed E-state index contributed by atoms with van der Waals surface area (Å²) in [7, 11) is 0. The summed E-state index contributed by atoms with van der Waals surface area (Å²) in [5.41, 5.74) is -0.164. The van der Waals surface area contributed by atoms with Crippen molar-refractivity contribution in [1.82, 2.24) is 24.7 Å². The number of amides is 1. The zero-order valence-electron chi connectivity index (χ0n) is 18.2. The number of aliphatic hydroxyl groups is 1. The molecule has 0 spiro atoms. The van der Waals surface area contributed by atoms with Gasteiger partial charge in [0.25, 0.3) is 5.91 Å². The second-order valence-electron chi connectivity index (χ2n) is 9.24. The number of halogens is 1. The molecule has 5 rings (SSSR count). The second-order valence-corrected chi connectivity index (χ2v) is 9.24. The van der Waals surface area contributed by atoms with E-state index in [1.54, 1.807) is 16.8 Å². The molecule has 1 aliphatic carbocycles. The van der Waals surface area contributed by atoms with Crippen molar-refractivity contribution in [2.24, 2.45) is 0 Å². The van der Waals surface area contributed by atoms with Crippen molar-refractivity contribution >= 4 is 17.2 Å². The summed E-state index contributed by atoms with van der Waals surface area (Å²) in [4.78, 5) is 26.1. The van der Waals surface area contributed by atoms with Gasteiger partial charge in [0.05, 0.1) is 17.0 Å². The maximum Gasteiger partial charge on any atom is 0.274 e. The molecular formula is C23H27FN6O2. The molecule has 1 saturated heterocycles. The number of carbonyl (C=O) groups is 1. The average Bonchev–Trinajstić information content (AvgIpc) is 3.53. The number of aromatic nitrogens is 4. The first-order chi connectivity index (χ1) is 15.3. The van der Waals surface area contributed by atoms with E-state index in [0.717, 1.165) is 44.5 Å². The molecule has 1 aliphatic heterocycles. The van der Waals surface area contributed by atoms with Crippen molar-refractivity contribution in [3.05, 3.63) is 53.2 Å². The lowest BCUT2D eigenvalue weighted by Gasteiger charge is -2.23. The highest BCUT2D eigenvalue weighted by Crippen LogP contribution is 2.38. The summed E-state index contributed by atoms with van der Waals surface area (Å²) in [6.07, 6.45) is 8.91. The summed E-state index contributed by atoms with van der Waals surface area (Å²) < 4.78 is 17.2. The molecule has 3 N–H and O–H groups in total. The topological polar surface area (TPSA) is 104 Å². The molecule has 2 aliphatic rings. The van der Waals surface area contributed by atoms with Crippen molar-refractivity contribution in [2.45, 2.75) is 57.0 Å². The maximum atomic E-state index is 15.6. The van der Waals surface area contributed by atoms with Crippen molar-refractivity contribution in [1.29, 1.82) is 0 Å². The Morgan fingerprint density at radius 3 is 2.62 bits per heavy atom. The molecule has 1 amide bonds. The number of nitrogens with one attached hydrogen (secondary N) is 2. The molecule has 168 valence electrons. The summed E-state index contributed by atoms with van der Waals surface area (Å²) >= 11 is 0. The minimum absolute atomic E-state index is 0.00252. The van der Waals surface area contributed by atoms with Crippen LogP contribution in [-0.2, 0) is 5.60 Å². The van der Waals surface area contributed by atoms with Crippen LogP contribution in [0.3, 0.4) is 0 Å². The lowest BCUT2D eigenvalue weighted by molar-refractivity contribution is 0.0753. The van der Waals surface area contributed by atoms with Crippen LogP contribution in [0, 0.1) is 5.82 Å². The van der Waals surface area contributed by atoms with E-state index in [9.17, 15) is 9.90 Å². The van der Waals surface area contributed by atoms with Gasteiger partial charge in [-0.05, 0) is 58.7 Å². The zero-order valence-corrected chi connectivity index (χ0v) is 18.2. The highest BCUT2D eigenvalue weighted by Gasteiger charge is 2.31. The van der Waals surface area contributed by atoms with Gasteiger partial charge in [-0.15, -0.1) is 0 Å². The summed E-state index contributed by atoms with van der Waals surface area (Å²) in [6.45, 7) is 4.78. The van der Waals surface area contributed by atoms with Gasteiger partial charge in [-0.3, -0.25) is 4.79 Å². The van der Waals surface area contributed by atoms with E-state index in [0.29, 0.717) is 11.7 Å².